The molecule has 0 bridgehead atoms. The Hall–Kier alpha value is -3.42. The first-order valence-electron chi connectivity index (χ1n) is 9.47. The average molecular weight is 491 g/mol. The number of hydrogen-bond donors (Lipinski definition) is 0. The Kier molecular flexibility index (Phi) is 5.86. The van der Waals surface area contributed by atoms with Crippen LogP contribution in [0.5, 0.6) is 0 Å². The molecule has 0 atom stereocenters. The molecular formula is C23H14F4N2O2S2. The number of benzene rings is 3. The summed E-state index contributed by atoms with van der Waals surface area (Å²) in [6.07, 6.45) is -4.93. The summed E-state index contributed by atoms with van der Waals surface area (Å²) in [4.78, 5) is -0.183. The normalized spacial score (nSPS) is 12.0. The molecule has 0 fully saturated rings. The zero-order chi connectivity index (χ0) is 23.8. The van der Waals surface area contributed by atoms with Gasteiger partial charge in [0.05, 0.1) is 28.6 Å². The first-order valence-corrected chi connectivity index (χ1v) is 11.7. The number of hydrogen-bond acceptors (Lipinski definition) is 4. The monoisotopic (exact) mass is 490 g/mol. The lowest BCUT2D eigenvalue weighted by atomic mass is 10.1. The number of anilines is 1. The van der Waals surface area contributed by atoms with Crippen molar-refractivity contribution in [3.63, 3.8) is 0 Å². The zero-order valence-corrected chi connectivity index (χ0v) is 18.3. The summed E-state index contributed by atoms with van der Waals surface area (Å²) in [6.45, 7) is -0.463. The topological polar surface area (TPSA) is 61.2 Å². The van der Waals surface area contributed by atoms with Gasteiger partial charge in [-0.25, -0.2) is 12.8 Å². The number of sulfonamides is 1. The Morgan fingerprint density at radius 3 is 2.42 bits per heavy atom. The van der Waals surface area contributed by atoms with Crippen molar-refractivity contribution < 1.29 is 26.0 Å². The van der Waals surface area contributed by atoms with Gasteiger partial charge in [-0.2, -0.15) is 18.4 Å². The van der Waals surface area contributed by atoms with E-state index >= 15 is 0 Å². The summed E-state index contributed by atoms with van der Waals surface area (Å²) in [6, 6.07) is 18.4. The van der Waals surface area contributed by atoms with E-state index in [1.54, 1.807) is 30.3 Å². The van der Waals surface area contributed by atoms with E-state index in [0.717, 1.165) is 31.8 Å². The molecular weight excluding hydrogens is 476 g/mol. The predicted molar refractivity (Wildman–Crippen MR) is 118 cm³/mol. The molecule has 0 aliphatic rings. The fraction of sp³-hybridized carbons (Fsp3) is 0.0870. The molecule has 0 aliphatic heterocycles. The fourth-order valence-electron chi connectivity index (χ4n) is 3.28. The highest BCUT2D eigenvalue weighted by atomic mass is 32.2. The summed E-state index contributed by atoms with van der Waals surface area (Å²) in [7, 11) is -4.27. The van der Waals surface area contributed by atoms with Gasteiger partial charge in [-0.05, 0) is 53.4 Å². The highest BCUT2D eigenvalue weighted by Gasteiger charge is 2.35. The van der Waals surface area contributed by atoms with Gasteiger partial charge < -0.3 is 0 Å². The van der Waals surface area contributed by atoms with Crippen LogP contribution in [0.15, 0.2) is 77.7 Å². The molecule has 4 nitrogen and oxygen atoms in total. The van der Waals surface area contributed by atoms with Crippen LogP contribution < -0.4 is 4.31 Å². The molecule has 33 heavy (non-hydrogen) atoms. The molecule has 1 heterocycles. The van der Waals surface area contributed by atoms with Gasteiger partial charge in [0.2, 0.25) is 0 Å². The number of alkyl halides is 3. The van der Waals surface area contributed by atoms with Crippen LogP contribution >= 0.6 is 11.3 Å². The molecule has 0 saturated heterocycles. The lowest BCUT2D eigenvalue weighted by Crippen LogP contribution is -2.30. The molecule has 0 spiro atoms. The standard InChI is InChI=1S/C23H14F4N2O2S2/c24-20-9-8-16(11-19(20)23(25,26)27)14-29(22-12-17-5-1-2-7-21(17)32-22)33(30,31)18-6-3-4-15(10-18)13-28/h1-12H,14H2. The third-order valence-electron chi connectivity index (χ3n) is 4.87. The van der Waals surface area contributed by atoms with Gasteiger partial charge >= 0.3 is 6.18 Å². The van der Waals surface area contributed by atoms with E-state index in [1.807, 2.05) is 6.07 Å². The maximum atomic E-state index is 13.8. The number of rotatable bonds is 5. The van der Waals surface area contributed by atoms with Gasteiger partial charge in [-0.3, -0.25) is 4.31 Å². The van der Waals surface area contributed by atoms with Crippen molar-refractivity contribution in [3.05, 3.63) is 95.3 Å². The van der Waals surface area contributed by atoms with Gasteiger partial charge in [-0.15, -0.1) is 11.3 Å². The van der Waals surface area contributed by atoms with Crippen LogP contribution in [0.4, 0.5) is 22.6 Å². The van der Waals surface area contributed by atoms with Crippen LogP contribution in [0.25, 0.3) is 10.1 Å². The second-order valence-electron chi connectivity index (χ2n) is 7.09. The molecule has 0 N–H and O–H groups in total. The third-order valence-corrected chi connectivity index (χ3v) is 7.88. The quantitative estimate of drug-likeness (QED) is 0.307. The first kappa shape index (κ1) is 22.8. The Bertz CT molecular complexity index is 1460. The molecule has 3 aromatic carbocycles. The molecule has 0 amide bonds. The predicted octanol–water partition coefficient (Wildman–Crippen LogP) is 6.33. The molecule has 0 saturated carbocycles. The lowest BCUT2D eigenvalue weighted by Gasteiger charge is -2.23. The van der Waals surface area contributed by atoms with E-state index in [2.05, 4.69) is 0 Å². The molecule has 0 unspecified atom stereocenters. The van der Waals surface area contributed by atoms with Gasteiger partial charge in [0.1, 0.15) is 10.8 Å². The summed E-state index contributed by atoms with van der Waals surface area (Å²) >= 11 is 1.15. The molecule has 4 rings (SSSR count). The Morgan fingerprint density at radius 2 is 1.73 bits per heavy atom. The van der Waals surface area contributed by atoms with Crippen molar-refractivity contribution in [2.45, 2.75) is 17.6 Å². The molecule has 10 heteroatoms. The van der Waals surface area contributed by atoms with Crippen molar-refractivity contribution in [1.82, 2.24) is 0 Å². The number of nitriles is 1. The molecule has 1 aromatic heterocycles. The van der Waals surface area contributed by atoms with E-state index in [0.29, 0.717) is 12.1 Å². The van der Waals surface area contributed by atoms with Crippen LogP contribution in [0.2, 0.25) is 0 Å². The summed E-state index contributed by atoms with van der Waals surface area (Å²) in [5.41, 5.74) is -1.39. The minimum atomic E-state index is -4.93. The Labute approximate surface area is 191 Å². The van der Waals surface area contributed by atoms with Crippen molar-refractivity contribution in [1.29, 1.82) is 5.26 Å². The van der Waals surface area contributed by atoms with Crippen molar-refractivity contribution in [2.75, 3.05) is 4.31 Å². The number of thiophene rings is 1. The number of nitrogens with zero attached hydrogens (tertiary/aromatic N) is 2. The maximum absolute atomic E-state index is 13.8. The molecule has 4 aromatic rings. The third kappa shape index (κ3) is 4.55. The lowest BCUT2D eigenvalue weighted by molar-refractivity contribution is -0.140. The highest BCUT2D eigenvalue weighted by molar-refractivity contribution is 7.93. The Morgan fingerprint density at radius 1 is 0.970 bits per heavy atom. The first-order chi connectivity index (χ1) is 15.6. The van der Waals surface area contributed by atoms with Crippen molar-refractivity contribution in [3.8, 4) is 6.07 Å². The van der Waals surface area contributed by atoms with Crippen LogP contribution in [-0.4, -0.2) is 8.42 Å². The number of halogens is 4. The van der Waals surface area contributed by atoms with Crippen LogP contribution in [0.1, 0.15) is 16.7 Å². The Balaban J connectivity index is 1.86. The van der Waals surface area contributed by atoms with Crippen LogP contribution in [-0.2, 0) is 22.7 Å². The van der Waals surface area contributed by atoms with Gasteiger partial charge in [0.15, 0.2) is 0 Å². The SMILES string of the molecule is N#Cc1cccc(S(=O)(=O)N(Cc2ccc(F)c(C(F)(F)F)c2)c2cc3ccccc3s2)c1. The van der Waals surface area contributed by atoms with E-state index in [-0.39, 0.29) is 21.0 Å². The molecule has 0 aliphatic carbocycles. The minimum absolute atomic E-state index is 0.0406. The fourth-order valence-corrected chi connectivity index (χ4v) is 6.04. The second kappa shape index (κ2) is 8.50. The largest absolute Gasteiger partial charge is 0.419 e. The zero-order valence-electron chi connectivity index (χ0n) is 16.7. The van der Waals surface area contributed by atoms with Crippen molar-refractivity contribution >= 4 is 36.4 Å². The van der Waals surface area contributed by atoms with Gasteiger partial charge in [0.25, 0.3) is 10.0 Å². The van der Waals surface area contributed by atoms with E-state index < -0.39 is 34.1 Å². The van der Waals surface area contributed by atoms with Crippen LogP contribution in [0, 0.1) is 17.1 Å². The summed E-state index contributed by atoms with van der Waals surface area (Å²) in [5.74, 6) is -1.44. The van der Waals surface area contributed by atoms with Gasteiger partial charge in [-0.1, -0.05) is 30.3 Å². The van der Waals surface area contributed by atoms with E-state index in [4.69, 9.17) is 5.26 Å². The molecule has 0 radical (unpaired) electrons. The van der Waals surface area contributed by atoms with E-state index in [1.165, 1.54) is 24.3 Å². The van der Waals surface area contributed by atoms with Crippen LogP contribution in [0.3, 0.4) is 0 Å². The summed E-state index contributed by atoms with van der Waals surface area (Å²) in [5, 5.41) is 10.2. The minimum Gasteiger partial charge on any atom is -0.253 e. The van der Waals surface area contributed by atoms with E-state index in [9.17, 15) is 26.0 Å². The average Bonchev–Trinajstić information content (AvgIpc) is 3.21. The molecule has 168 valence electrons. The maximum Gasteiger partial charge on any atom is 0.419 e. The second-order valence-corrected chi connectivity index (χ2v) is 10.0. The van der Waals surface area contributed by atoms with Crippen molar-refractivity contribution in [2.24, 2.45) is 0 Å². The number of fused-ring (bicyclic) bond motifs is 1. The smallest absolute Gasteiger partial charge is 0.253 e. The summed E-state index contributed by atoms with van der Waals surface area (Å²) < 4.78 is 82.3. The highest BCUT2D eigenvalue weighted by Crippen LogP contribution is 2.37. The van der Waals surface area contributed by atoms with Gasteiger partial charge in [0, 0.05) is 4.70 Å².